The number of halogens is 2. The van der Waals surface area contributed by atoms with Gasteiger partial charge >= 0.3 is 0 Å². The lowest BCUT2D eigenvalue weighted by molar-refractivity contribution is -0.143. The van der Waals surface area contributed by atoms with Crippen LogP contribution in [0.4, 0.5) is 0 Å². The van der Waals surface area contributed by atoms with E-state index in [2.05, 4.69) is 21.2 Å². The van der Waals surface area contributed by atoms with Crippen LogP contribution in [0.5, 0.6) is 5.75 Å². The number of rotatable bonds is 11. The van der Waals surface area contributed by atoms with Crippen LogP contribution in [0.2, 0.25) is 5.02 Å². The van der Waals surface area contributed by atoms with Crippen LogP contribution < -0.4 is 10.1 Å². The molecule has 0 aliphatic heterocycles. The number of nitrogens with one attached hydrogen (secondary N) is 1. The first-order valence-corrected chi connectivity index (χ1v) is 13.2. The van der Waals surface area contributed by atoms with Crippen LogP contribution in [0, 0.1) is 6.92 Å². The Morgan fingerprint density at radius 2 is 1.75 bits per heavy atom. The highest BCUT2D eigenvalue weighted by molar-refractivity contribution is 9.10. The maximum atomic E-state index is 13.6. The summed E-state index contributed by atoms with van der Waals surface area (Å²) in [6, 6.07) is 21.9. The Balaban J connectivity index is 1.91. The minimum Gasteiger partial charge on any atom is -0.484 e. The Labute approximate surface area is 226 Å². The van der Waals surface area contributed by atoms with Gasteiger partial charge in [-0.15, -0.1) is 0 Å². The van der Waals surface area contributed by atoms with E-state index in [1.54, 1.807) is 11.0 Å². The van der Waals surface area contributed by atoms with E-state index in [9.17, 15) is 9.59 Å². The van der Waals surface area contributed by atoms with Crippen LogP contribution in [0.25, 0.3) is 0 Å². The molecule has 0 fully saturated rings. The average Bonchev–Trinajstić information content (AvgIpc) is 2.87. The first kappa shape index (κ1) is 27.8. The quantitative estimate of drug-likeness (QED) is 0.292. The van der Waals surface area contributed by atoms with E-state index < -0.39 is 6.04 Å². The van der Waals surface area contributed by atoms with Gasteiger partial charge in [-0.05, 0) is 67.3 Å². The molecule has 2 amide bonds. The SMILES string of the molecule is CC[C@H](C)NC(=O)[C@@H](Cc1ccccc1)N(Cc1cccc(Cl)c1)C(=O)COc1ccc(Br)c(C)c1. The predicted octanol–water partition coefficient (Wildman–Crippen LogP) is 6.34. The first-order valence-electron chi connectivity index (χ1n) is 12.0. The molecule has 3 aromatic rings. The van der Waals surface area contributed by atoms with E-state index in [0.717, 1.165) is 27.6 Å². The third kappa shape index (κ3) is 8.10. The Kier molecular flexibility index (Phi) is 10.4. The van der Waals surface area contributed by atoms with E-state index in [1.807, 2.05) is 87.5 Å². The smallest absolute Gasteiger partial charge is 0.261 e. The number of carbonyl (C=O) groups excluding carboxylic acids is 2. The van der Waals surface area contributed by atoms with Gasteiger partial charge in [-0.2, -0.15) is 0 Å². The maximum absolute atomic E-state index is 13.6. The van der Waals surface area contributed by atoms with Crippen LogP contribution in [-0.2, 0) is 22.6 Å². The van der Waals surface area contributed by atoms with Crippen molar-refractivity contribution in [2.75, 3.05) is 6.61 Å². The number of carbonyl (C=O) groups is 2. The van der Waals surface area contributed by atoms with Gasteiger partial charge in [0.2, 0.25) is 5.91 Å². The van der Waals surface area contributed by atoms with E-state index in [4.69, 9.17) is 16.3 Å². The summed E-state index contributed by atoms with van der Waals surface area (Å²) in [4.78, 5) is 28.7. The highest BCUT2D eigenvalue weighted by Gasteiger charge is 2.31. The number of ether oxygens (including phenoxy) is 1. The molecule has 3 aromatic carbocycles. The third-order valence-electron chi connectivity index (χ3n) is 6.01. The zero-order valence-corrected chi connectivity index (χ0v) is 23.2. The molecule has 36 heavy (non-hydrogen) atoms. The van der Waals surface area contributed by atoms with E-state index >= 15 is 0 Å². The van der Waals surface area contributed by atoms with Gasteiger partial charge in [0, 0.05) is 28.5 Å². The van der Waals surface area contributed by atoms with Crippen molar-refractivity contribution >= 4 is 39.3 Å². The summed E-state index contributed by atoms with van der Waals surface area (Å²) < 4.78 is 6.82. The van der Waals surface area contributed by atoms with E-state index in [-0.39, 0.29) is 31.0 Å². The number of aryl methyl sites for hydroxylation is 1. The van der Waals surface area contributed by atoms with Gasteiger partial charge in [0.05, 0.1) is 0 Å². The van der Waals surface area contributed by atoms with Crippen molar-refractivity contribution in [3.05, 3.63) is 99.0 Å². The van der Waals surface area contributed by atoms with Gasteiger partial charge in [0.15, 0.2) is 6.61 Å². The number of hydrogen-bond donors (Lipinski definition) is 1. The Morgan fingerprint density at radius 3 is 2.42 bits per heavy atom. The Bertz CT molecular complexity index is 1170. The van der Waals surface area contributed by atoms with Crippen molar-refractivity contribution in [1.82, 2.24) is 10.2 Å². The highest BCUT2D eigenvalue weighted by atomic mass is 79.9. The summed E-state index contributed by atoms with van der Waals surface area (Å²) in [5.41, 5.74) is 2.81. The van der Waals surface area contributed by atoms with Crippen molar-refractivity contribution < 1.29 is 14.3 Å². The van der Waals surface area contributed by atoms with E-state index in [0.29, 0.717) is 17.2 Å². The van der Waals surface area contributed by atoms with Crippen LogP contribution in [0.1, 0.15) is 37.0 Å². The molecular formula is C29H32BrClN2O3. The molecule has 0 radical (unpaired) electrons. The fraction of sp³-hybridized carbons (Fsp3) is 0.310. The summed E-state index contributed by atoms with van der Waals surface area (Å²) in [6.45, 7) is 5.97. The van der Waals surface area contributed by atoms with Crippen molar-refractivity contribution in [2.45, 2.75) is 52.2 Å². The topological polar surface area (TPSA) is 58.6 Å². The summed E-state index contributed by atoms with van der Waals surface area (Å²) in [5, 5.41) is 3.64. The summed E-state index contributed by atoms with van der Waals surface area (Å²) >= 11 is 9.71. The van der Waals surface area contributed by atoms with Gasteiger partial charge in [-0.25, -0.2) is 0 Å². The third-order valence-corrected chi connectivity index (χ3v) is 7.13. The normalized spacial score (nSPS) is 12.5. The predicted molar refractivity (Wildman–Crippen MR) is 148 cm³/mol. The molecule has 0 aliphatic carbocycles. The molecule has 190 valence electrons. The van der Waals surface area contributed by atoms with Gasteiger partial charge in [-0.3, -0.25) is 9.59 Å². The number of amides is 2. The summed E-state index contributed by atoms with van der Waals surface area (Å²) in [6.07, 6.45) is 1.17. The van der Waals surface area contributed by atoms with Crippen LogP contribution in [0.3, 0.4) is 0 Å². The van der Waals surface area contributed by atoms with Crippen LogP contribution in [0.15, 0.2) is 77.3 Å². The molecule has 0 heterocycles. The van der Waals surface area contributed by atoms with Crippen molar-refractivity contribution in [3.8, 4) is 5.75 Å². The number of nitrogens with zero attached hydrogens (tertiary/aromatic N) is 1. The molecule has 0 spiro atoms. The van der Waals surface area contributed by atoms with Gasteiger partial charge in [0.1, 0.15) is 11.8 Å². The Morgan fingerprint density at radius 1 is 1.03 bits per heavy atom. The van der Waals surface area contributed by atoms with Gasteiger partial charge < -0.3 is 15.0 Å². The standard InChI is InChI=1S/C29H32BrClN2O3/c1-4-21(3)32-29(35)27(17-22-9-6-5-7-10-22)33(18-23-11-8-12-24(31)16-23)28(34)19-36-25-13-14-26(30)20(2)15-25/h5-16,21,27H,4,17-19H2,1-3H3,(H,32,35)/t21-,27+/m0/s1. The molecule has 0 bridgehead atoms. The molecule has 1 N–H and O–H groups in total. The second-order valence-corrected chi connectivity index (χ2v) is 10.2. The first-order chi connectivity index (χ1) is 17.3. The highest BCUT2D eigenvalue weighted by Crippen LogP contribution is 2.22. The van der Waals surface area contributed by atoms with Gasteiger partial charge in [0.25, 0.3) is 5.91 Å². The summed E-state index contributed by atoms with van der Waals surface area (Å²) in [7, 11) is 0. The zero-order chi connectivity index (χ0) is 26.1. The van der Waals surface area contributed by atoms with Gasteiger partial charge in [-0.1, -0.05) is 76.9 Å². The fourth-order valence-corrected chi connectivity index (χ4v) is 4.22. The lowest BCUT2D eigenvalue weighted by atomic mass is 10.0. The molecule has 0 saturated carbocycles. The lowest BCUT2D eigenvalue weighted by Crippen LogP contribution is -2.53. The van der Waals surface area contributed by atoms with E-state index in [1.165, 1.54) is 0 Å². The second kappa shape index (κ2) is 13.5. The largest absolute Gasteiger partial charge is 0.484 e. The lowest BCUT2D eigenvalue weighted by Gasteiger charge is -2.32. The number of benzene rings is 3. The van der Waals surface area contributed by atoms with Crippen LogP contribution >= 0.6 is 27.5 Å². The average molecular weight is 572 g/mol. The van der Waals surface area contributed by atoms with Crippen molar-refractivity contribution in [3.63, 3.8) is 0 Å². The molecule has 7 heteroatoms. The monoisotopic (exact) mass is 570 g/mol. The fourth-order valence-electron chi connectivity index (χ4n) is 3.76. The number of hydrogen-bond acceptors (Lipinski definition) is 3. The second-order valence-electron chi connectivity index (χ2n) is 8.87. The van der Waals surface area contributed by atoms with Crippen LogP contribution in [-0.4, -0.2) is 35.4 Å². The molecule has 2 atom stereocenters. The molecule has 3 rings (SSSR count). The minimum absolute atomic E-state index is 0.0131. The molecule has 5 nitrogen and oxygen atoms in total. The summed E-state index contributed by atoms with van der Waals surface area (Å²) in [5.74, 6) is 0.120. The maximum Gasteiger partial charge on any atom is 0.261 e. The zero-order valence-electron chi connectivity index (χ0n) is 20.8. The minimum atomic E-state index is -0.719. The molecule has 0 aromatic heterocycles. The Hall–Kier alpha value is -2.83. The van der Waals surface area contributed by atoms with Crippen molar-refractivity contribution in [2.24, 2.45) is 0 Å². The molecule has 0 saturated heterocycles. The molecule has 0 unspecified atom stereocenters. The molecular weight excluding hydrogens is 540 g/mol. The van der Waals surface area contributed by atoms with Crippen molar-refractivity contribution in [1.29, 1.82) is 0 Å². The molecule has 0 aliphatic rings.